The lowest BCUT2D eigenvalue weighted by molar-refractivity contribution is -0.137. The molecule has 0 atom stereocenters. The Labute approximate surface area is 90.3 Å². The Morgan fingerprint density at radius 3 is 2.60 bits per heavy atom. The average molecular weight is 204 g/mol. The molecule has 0 fully saturated rings. The fourth-order valence-corrected chi connectivity index (χ4v) is 1.32. The minimum absolute atomic E-state index is 0.277. The maximum absolute atomic E-state index is 10.2. The summed E-state index contributed by atoms with van der Waals surface area (Å²) >= 11 is 0. The molecule has 0 amide bonds. The van der Waals surface area contributed by atoms with Crippen LogP contribution < -0.4 is 0 Å². The number of hydrogen-bond donors (Lipinski definition) is 1. The molecule has 1 N–H and O–H groups in total. The highest BCUT2D eigenvalue weighted by atomic mass is 16.4. The van der Waals surface area contributed by atoms with Crippen LogP contribution in [0.1, 0.15) is 31.2 Å². The average Bonchev–Trinajstić information content (AvgIpc) is 2.24. The predicted octanol–water partition coefficient (Wildman–Crippen LogP) is 3.34. The molecule has 0 aliphatic rings. The minimum atomic E-state index is -0.706. The first-order valence-electron chi connectivity index (χ1n) is 5.22. The van der Waals surface area contributed by atoms with Crippen molar-refractivity contribution in [1.29, 1.82) is 0 Å². The topological polar surface area (TPSA) is 37.3 Å². The highest BCUT2D eigenvalue weighted by Crippen LogP contribution is 2.05. The Bertz CT molecular complexity index is 315. The summed E-state index contributed by atoms with van der Waals surface area (Å²) in [6.07, 6.45) is 7.09. The summed E-state index contributed by atoms with van der Waals surface area (Å²) in [7, 11) is 0. The van der Waals surface area contributed by atoms with Crippen molar-refractivity contribution in [2.75, 3.05) is 0 Å². The first-order valence-corrected chi connectivity index (χ1v) is 5.22. The van der Waals surface area contributed by atoms with Gasteiger partial charge in [0.15, 0.2) is 0 Å². The van der Waals surface area contributed by atoms with Crippen molar-refractivity contribution in [3.05, 3.63) is 42.0 Å². The van der Waals surface area contributed by atoms with E-state index >= 15 is 0 Å². The summed E-state index contributed by atoms with van der Waals surface area (Å²) in [6, 6.07) is 10.1. The van der Waals surface area contributed by atoms with Crippen molar-refractivity contribution in [2.24, 2.45) is 0 Å². The molecule has 0 saturated heterocycles. The van der Waals surface area contributed by atoms with Gasteiger partial charge in [-0.25, -0.2) is 0 Å². The van der Waals surface area contributed by atoms with Gasteiger partial charge in [-0.3, -0.25) is 4.79 Å². The first kappa shape index (κ1) is 11.5. The van der Waals surface area contributed by atoms with Gasteiger partial charge >= 0.3 is 5.97 Å². The van der Waals surface area contributed by atoms with Gasteiger partial charge in [0, 0.05) is 6.42 Å². The van der Waals surface area contributed by atoms with E-state index in [0.29, 0.717) is 0 Å². The van der Waals surface area contributed by atoms with Gasteiger partial charge in [-0.15, -0.1) is 0 Å². The van der Waals surface area contributed by atoms with Gasteiger partial charge in [-0.1, -0.05) is 42.5 Å². The van der Waals surface area contributed by atoms with Gasteiger partial charge in [0.2, 0.25) is 0 Å². The molecule has 0 aliphatic heterocycles. The van der Waals surface area contributed by atoms with E-state index in [-0.39, 0.29) is 6.42 Å². The van der Waals surface area contributed by atoms with Crippen LogP contribution in [0.15, 0.2) is 36.4 Å². The zero-order chi connectivity index (χ0) is 10.9. The van der Waals surface area contributed by atoms with E-state index in [2.05, 4.69) is 12.2 Å². The van der Waals surface area contributed by atoms with E-state index in [1.165, 1.54) is 5.56 Å². The van der Waals surface area contributed by atoms with E-state index in [4.69, 9.17) is 5.11 Å². The number of hydrogen-bond acceptors (Lipinski definition) is 1. The quantitative estimate of drug-likeness (QED) is 0.721. The smallest absolute Gasteiger partial charge is 0.303 e. The monoisotopic (exact) mass is 204 g/mol. The third-order valence-electron chi connectivity index (χ3n) is 2.12. The number of benzene rings is 1. The van der Waals surface area contributed by atoms with Gasteiger partial charge < -0.3 is 5.11 Å². The number of unbranched alkanes of at least 4 members (excludes halogenated alkanes) is 2. The van der Waals surface area contributed by atoms with E-state index in [1.54, 1.807) is 0 Å². The molecule has 0 unspecified atom stereocenters. The van der Waals surface area contributed by atoms with Gasteiger partial charge in [0.25, 0.3) is 0 Å². The van der Waals surface area contributed by atoms with Gasteiger partial charge in [0.1, 0.15) is 0 Å². The Hall–Kier alpha value is -1.57. The Kier molecular flexibility index (Phi) is 5.23. The molecule has 0 heterocycles. The number of carboxylic acid groups (broad SMARTS) is 1. The number of aliphatic carboxylic acids is 1. The van der Waals surface area contributed by atoms with Crippen LogP contribution in [0.5, 0.6) is 0 Å². The molecule has 0 saturated carbocycles. The summed E-state index contributed by atoms with van der Waals surface area (Å²) in [6.45, 7) is 0. The van der Waals surface area contributed by atoms with Crippen LogP contribution in [0.25, 0.3) is 6.08 Å². The highest BCUT2D eigenvalue weighted by Gasteiger charge is 1.94. The SMILES string of the molecule is O=C(O)CCCCC=Cc1ccccc1. The third-order valence-corrected chi connectivity index (χ3v) is 2.12. The minimum Gasteiger partial charge on any atom is -0.481 e. The van der Waals surface area contributed by atoms with Crippen LogP contribution in [0.4, 0.5) is 0 Å². The van der Waals surface area contributed by atoms with Crippen molar-refractivity contribution >= 4 is 12.0 Å². The second-order valence-electron chi connectivity index (χ2n) is 3.45. The normalized spacial score (nSPS) is 10.7. The lowest BCUT2D eigenvalue weighted by Crippen LogP contribution is -1.92. The molecular weight excluding hydrogens is 188 g/mol. The fourth-order valence-electron chi connectivity index (χ4n) is 1.32. The summed E-state index contributed by atoms with van der Waals surface area (Å²) in [5, 5.41) is 8.43. The van der Waals surface area contributed by atoms with E-state index in [9.17, 15) is 4.79 Å². The largest absolute Gasteiger partial charge is 0.481 e. The molecule has 2 nitrogen and oxygen atoms in total. The van der Waals surface area contributed by atoms with Crippen LogP contribution in [0, 0.1) is 0 Å². The summed E-state index contributed by atoms with van der Waals surface area (Å²) in [4.78, 5) is 10.2. The maximum Gasteiger partial charge on any atom is 0.303 e. The first-order chi connectivity index (χ1) is 7.29. The fraction of sp³-hybridized carbons (Fsp3) is 0.308. The summed E-state index contributed by atoms with van der Waals surface area (Å²) in [5.74, 6) is -0.706. The van der Waals surface area contributed by atoms with E-state index < -0.39 is 5.97 Å². The molecular formula is C13H16O2. The van der Waals surface area contributed by atoms with E-state index in [1.807, 2.05) is 30.3 Å². The third kappa shape index (κ3) is 5.68. The van der Waals surface area contributed by atoms with Crippen LogP contribution in [0.3, 0.4) is 0 Å². The van der Waals surface area contributed by atoms with Crippen molar-refractivity contribution in [1.82, 2.24) is 0 Å². The number of allylic oxidation sites excluding steroid dienone is 1. The van der Waals surface area contributed by atoms with Crippen molar-refractivity contribution < 1.29 is 9.90 Å². The van der Waals surface area contributed by atoms with Crippen LogP contribution >= 0.6 is 0 Å². The summed E-state index contributed by atoms with van der Waals surface area (Å²) in [5.41, 5.74) is 1.19. The van der Waals surface area contributed by atoms with Gasteiger partial charge in [-0.2, -0.15) is 0 Å². The lowest BCUT2D eigenvalue weighted by Gasteiger charge is -1.94. The molecule has 1 rings (SSSR count). The molecule has 0 radical (unpaired) electrons. The zero-order valence-electron chi connectivity index (χ0n) is 8.73. The Morgan fingerprint density at radius 1 is 1.20 bits per heavy atom. The number of carboxylic acids is 1. The van der Waals surface area contributed by atoms with Crippen molar-refractivity contribution in [3.8, 4) is 0 Å². The van der Waals surface area contributed by atoms with Crippen molar-refractivity contribution in [3.63, 3.8) is 0 Å². The van der Waals surface area contributed by atoms with E-state index in [0.717, 1.165) is 19.3 Å². The zero-order valence-corrected chi connectivity index (χ0v) is 8.73. The molecule has 15 heavy (non-hydrogen) atoms. The summed E-state index contributed by atoms with van der Waals surface area (Å²) < 4.78 is 0. The van der Waals surface area contributed by atoms with Crippen molar-refractivity contribution in [2.45, 2.75) is 25.7 Å². The van der Waals surface area contributed by atoms with Gasteiger partial charge in [-0.05, 0) is 24.8 Å². The molecule has 1 aromatic carbocycles. The maximum atomic E-state index is 10.2. The molecule has 0 bridgehead atoms. The van der Waals surface area contributed by atoms with Gasteiger partial charge in [0.05, 0.1) is 0 Å². The standard InChI is InChI=1S/C13H16O2/c14-13(15)11-7-2-1-4-8-12-9-5-3-6-10-12/h3-6,8-10H,1-2,7,11H2,(H,14,15). The predicted molar refractivity (Wildman–Crippen MR) is 61.6 cm³/mol. The second-order valence-corrected chi connectivity index (χ2v) is 3.45. The number of rotatable bonds is 6. The molecule has 0 aliphatic carbocycles. The molecule has 0 spiro atoms. The molecule has 1 aromatic rings. The Balaban J connectivity index is 2.15. The molecule has 2 heteroatoms. The highest BCUT2D eigenvalue weighted by molar-refractivity contribution is 5.66. The van der Waals surface area contributed by atoms with Crippen LogP contribution in [0.2, 0.25) is 0 Å². The van der Waals surface area contributed by atoms with Crippen LogP contribution in [-0.2, 0) is 4.79 Å². The number of carbonyl (C=O) groups is 1. The molecule has 80 valence electrons. The molecule has 0 aromatic heterocycles. The second kappa shape index (κ2) is 6.82. The van der Waals surface area contributed by atoms with Crippen LogP contribution in [-0.4, -0.2) is 11.1 Å². The lowest BCUT2D eigenvalue weighted by atomic mass is 10.1. The Morgan fingerprint density at radius 2 is 1.93 bits per heavy atom.